The molecule has 0 spiro atoms. The third-order valence-electron chi connectivity index (χ3n) is 2.95. The highest BCUT2D eigenvalue weighted by atomic mass is 35.5. The molecule has 4 nitrogen and oxygen atoms in total. The van der Waals surface area contributed by atoms with Gasteiger partial charge in [0, 0.05) is 15.7 Å². The molecule has 0 aliphatic carbocycles. The van der Waals surface area contributed by atoms with Crippen LogP contribution in [0, 0.1) is 11.6 Å². The molecular weight excluding hydrogens is 363 g/mol. The quantitative estimate of drug-likeness (QED) is 0.805. The summed E-state index contributed by atoms with van der Waals surface area (Å²) in [6.45, 7) is 1.26. The summed E-state index contributed by atoms with van der Waals surface area (Å²) in [5.74, 6) is -4.14. The van der Waals surface area contributed by atoms with E-state index >= 15 is 0 Å². The molecule has 2 aromatic rings. The van der Waals surface area contributed by atoms with Crippen molar-refractivity contribution < 1.29 is 23.1 Å². The van der Waals surface area contributed by atoms with Crippen LogP contribution in [0.1, 0.15) is 17.3 Å². The number of carbonyl (C=O) groups excluding carboxylic acids is 2. The predicted molar refractivity (Wildman–Crippen MR) is 86.3 cm³/mol. The van der Waals surface area contributed by atoms with Crippen LogP contribution in [0.2, 0.25) is 10.0 Å². The van der Waals surface area contributed by atoms with E-state index in [9.17, 15) is 18.4 Å². The monoisotopic (exact) mass is 373 g/mol. The minimum absolute atomic E-state index is 0.289. The molecule has 0 heterocycles. The Morgan fingerprint density at radius 2 is 1.62 bits per heavy atom. The van der Waals surface area contributed by atoms with Crippen LogP contribution < -0.4 is 5.32 Å². The molecule has 2 aromatic carbocycles. The summed E-state index contributed by atoms with van der Waals surface area (Å²) in [5, 5.41) is 3.04. The molecule has 0 fully saturated rings. The van der Waals surface area contributed by atoms with Crippen molar-refractivity contribution in [3.05, 3.63) is 63.6 Å². The normalized spacial score (nSPS) is 11.7. The van der Waals surface area contributed by atoms with Gasteiger partial charge in [-0.15, -0.1) is 0 Å². The minimum atomic E-state index is -1.30. The molecular formula is C16H11Cl2F2NO3. The second kappa shape index (κ2) is 7.59. The molecule has 0 bridgehead atoms. The van der Waals surface area contributed by atoms with Gasteiger partial charge in [-0.05, 0) is 37.3 Å². The molecule has 0 saturated heterocycles. The van der Waals surface area contributed by atoms with Crippen LogP contribution in [0.3, 0.4) is 0 Å². The lowest BCUT2D eigenvalue weighted by Gasteiger charge is -2.14. The Labute approximate surface area is 146 Å². The Bertz CT molecular complexity index is 758. The number of benzene rings is 2. The lowest BCUT2D eigenvalue weighted by Crippen LogP contribution is -2.30. The van der Waals surface area contributed by atoms with Gasteiger partial charge >= 0.3 is 5.97 Å². The molecule has 0 radical (unpaired) electrons. The average molecular weight is 374 g/mol. The van der Waals surface area contributed by atoms with Crippen LogP contribution in [0.25, 0.3) is 0 Å². The number of halogens is 4. The Kier molecular flexibility index (Phi) is 5.75. The van der Waals surface area contributed by atoms with Crippen molar-refractivity contribution in [2.24, 2.45) is 0 Å². The first-order valence-electron chi connectivity index (χ1n) is 6.70. The summed E-state index contributed by atoms with van der Waals surface area (Å²) < 4.78 is 31.8. The molecule has 126 valence electrons. The van der Waals surface area contributed by atoms with E-state index in [1.54, 1.807) is 0 Å². The fraction of sp³-hybridized carbons (Fsp3) is 0.125. The fourth-order valence-electron chi connectivity index (χ4n) is 1.84. The molecule has 8 heteroatoms. The van der Waals surface area contributed by atoms with E-state index in [-0.39, 0.29) is 5.69 Å². The first-order chi connectivity index (χ1) is 11.3. The topological polar surface area (TPSA) is 55.4 Å². The van der Waals surface area contributed by atoms with Gasteiger partial charge in [-0.3, -0.25) is 4.79 Å². The largest absolute Gasteiger partial charge is 0.449 e. The van der Waals surface area contributed by atoms with E-state index in [1.807, 2.05) is 0 Å². The number of amides is 1. The van der Waals surface area contributed by atoms with Crippen molar-refractivity contribution in [3.63, 3.8) is 0 Å². The van der Waals surface area contributed by atoms with Crippen LogP contribution in [0.4, 0.5) is 14.5 Å². The number of carbonyl (C=O) groups is 2. The van der Waals surface area contributed by atoms with Gasteiger partial charge in [-0.1, -0.05) is 29.3 Å². The van der Waals surface area contributed by atoms with Crippen LogP contribution in [-0.4, -0.2) is 18.0 Å². The highest BCUT2D eigenvalue weighted by Crippen LogP contribution is 2.23. The number of ether oxygens (including phenoxy) is 1. The van der Waals surface area contributed by atoms with Crippen molar-refractivity contribution in [2.45, 2.75) is 13.0 Å². The molecule has 1 amide bonds. The highest BCUT2D eigenvalue weighted by molar-refractivity contribution is 6.35. The number of esters is 1. The van der Waals surface area contributed by atoms with Crippen LogP contribution in [0.5, 0.6) is 0 Å². The second-order valence-electron chi connectivity index (χ2n) is 4.79. The molecule has 0 aliphatic rings. The molecule has 0 saturated carbocycles. The molecule has 0 aliphatic heterocycles. The Morgan fingerprint density at radius 3 is 2.17 bits per heavy atom. The third kappa shape index (κ3) is 4.43. The summed E-state index contributed by atoms with van der Waals surface area (Å²) in [4.78, 5) is 23.8. The van der Waals surface area contributed by atoms with E-state index in [0.29, 0.717) is 10.0 Å². The zero-order valence-electron chi connectivity index (χ0n) is 12.3. The van der Waals surface area contributed by atoms with Gasteiger partial charge in [0.1, 0.15) is 17.2 Å². The molecule has 2 rings (SSSR count). The maximum Gasteiger partial charge on any atom is 0.344 e. The van der Waals surface area contributed by atoms with E-state index < -0.39 is 35.2 Å². The number of hydrogen-bond donors (Lipinski definition) is 1. The maximum atomic E-state index is 13.5. The summed E-state index contributed by atoms with van der Waals surface area (Å²) in [6, 6.07) is 7.30. The average Bonchev–Trinajstić information content (AvgIpc) is 2.45. The number of nitrogens with one attached hydrogen (secondary N) is 1. The molecule has 1 N–H and O–H groups in total. The van der Waals surface area contributed by atoms with Crippen molar-refractivity contribution in [2.75, 3.05) is 5.32 Å². The number of hydrogen-bond acceptors (Lipinski definition) is 3. The molecule has 24 heavy (non-hydrogen) atoms. The lowest BCUT2D eigenvalue weighted by molar-refractivity contribution is -0.123. The lowest BCUT2D eigenvalue weighted by atomic mass is 10.2. The van der Waals surface area contributed by atoms with E-state index in [4.69, 9.17) is 27.9 Å². The van der Waals surface area contributed by atoms with Crippen molar-refractivity contribution >= 4 is 40.8 Å². The van der Waals surface area contributed by atoms with Gasteiger partial charge in [0.2, 0.25) is 0 Å². The molecule has 0 aromatic heterocycles. The number of anilines is 1. The van der Waals surface area contributed by atoms with Crippen LogP contribution in [0.15, 0.2) is 36.4 Å². The zero-order chi connectivity index (χ0) is 17.9. The summed E-state index contributed by atoms with van der Waals surface area (Å²) in [5.41, 5.74) is -0.569. The summed E-state index contributed by atoms with van der Waals surface area (Å²) in [7, 11) is 0. The van der Waals surface area contributed by atoms with Crippen molar-refractivity contribution in [3.8, 4) is 0 Å². The van der Waals surface area contributed by atoms with Gasteiger partial charge in [0.15, 0.2) is 6.10 Å². The smallest absolute Gasteiger partial charge is 0.344 e. The van der Waals surface area contributed by atoms with Gasteiger partial charge in [-0.25, -0.2) is 13.6 Å². The fourth-order valence-corrected chi connectivity index (χ4v) is 2.36. The van der Waals surface area contributed by atoms with E-state index in [1.165, 1.54) is 25.1 Å². The predicted octanol–water partition coefficient (Wildman–Crippen LogP) is 4.46. The van der Waals surface area contributed by atoms with Crippen LogP contribution in [-0.2, 0) is 9.53 Å². The van der Waals surface area contributed by atoms with Crippen molar-refractivity contribution in [1.29, 1.82) is 0 Å². The Balaban J connectivity index is 2.07. The standard InChI is InChI=1S/C16H11Cl2F2NO3/c1-8(15(22)21-11-6-9(17)5-10(18)7-11)24-16(23)14-12(19)3-2-4-13(14)20/h2-8H,1H3,(H,21,22)/t8-/m1/s1. The maximum absolute atomic E-state index is 13.5. The van der Waals surface area contributed by atoms with Gasteiger partial charge < -0.3 is 10.1 Å². The Morgan fingerprint density at radius 1 is 1.08 bits per heavy atom. The highest BCUT2D eigenvalue weighted by Gasteiger charge is 2.24. The Hall–Kier alpha value is -2.18. The SMILES string of the molecule is C[C@@H](OC(=O)c1c(F)cccc1F)C(=O)Nc1cc(Cl)cc(Cl)c1. The first kappa shape index (κ1) is 18.2. The molecule has 1 atom stereocenters. The molecule has 0 unspecified atom stereocenters. The van der Waals surface area contributed by atoms with Gasteiger partial charge in [-0.2, -0.15) is 0 Å². The number of rotatable bonds is 4. The van der Waals surface area contributed by atoms with E-state index in [0.717, 1.165) is 18.2 Å². The first-order valence-corrected chi connectivity index (χ1v) is 7.45. The minimum Gasteiger partial charge on any atom is -0.449 e. The van der Waals surface area contributed by atoms with Gasteiger partial charge in [0.25, 0.3) is 5.91 Å². The summed E-state index contributed by atoms with van der Waals surface area (Å²) in [6.07, 6.45) is -1.30. The van der Waals surface area contributed by atoms with Crippen molar-refractivity contribution in [1.82, 2.24) is 0 Å². The van der Waals surface area contributed by atoms with Crippen LogP contribution >= 0.6 is 23.2 Å². The third-order valence-corrected chi connectivity index (χ3v) is 3.39. The second-order valence-corrected chi connectivity index (χ2v) is 5.66. The van der Waals surface area contributed by atoms with Gasteiger partial charge in [0.05, 0.1) is 0 Å². The summed E-state index contributed by atoms with van der Waals surface area (Å²) >= 11 is 11.6. The van der Waals surface area contributed by atoms with E-state index in [2.05, 4.69) is 5.32 Å². The zero-order valence-corrected chi connectivity index (χ0v) is 13.8.